The van der Waals surface area contributed by atoms with Crippen molar-refractivity contribution >= 4 is 67.9 Å². The van der Waals surface area contributed by atoms with E-state index in [1.54, 1.807) is 42.5 Å². The van der Waals surface area contributed by atoms with E-state index in [0.29, 0.717) is 37.7 Å². The molecule has 1 amide bonds. The van der Waals surface area contributed by atoms with Gasteiger partial charge in [0.15, 0.2) is 22.4 Å². The highest BCUT2D eigenvalue weighted by Gasteiger charge is 2.34. The van der Waals surface area contributed by atoms with Gasteiger partial charge < -0.3 is 19.3 Å². The van der Waals surface area contributed by atoms with Crippen LogP contribution in [0.15, 0.2) is 45.8 Å². The number of thioether (sulfide) groups is 1. The maximum absolute atomic E-state index is 13.0. The monoisotopic (exact) mass is 493 g/mol. The number of fused-ring (bicyclic) bond motifs is 1. The van der Waals surface area contributed by atoms with E-state index in [-0.39, 0.29) is 12.7 Å². The molecule has 7 nitrogen and oxygen atoms in total. The van der Waals surface area contributed by atoms with E-state index >= 15 is 0 Å². The largest absolute Gasteiger partial charge is 0.481 e. The smallest absolute Gasteiger partial charge is 0.341 e. The van der Waals surface area contributed by atoms with Crippen molar-refractivity contribution in [1.29, 1.82) is 0 Å². The lowest BCUT2D eigenvalue weighted by molar-refractivity contribution is -0.139. The van der Waals surface area contributed by atoms with E-state index in [2.05, 4.69) is 15.9 Å². The lowest BCUT2D eigenvalue weighted by atomic mass is 10.2. The van der Waals surface area contributed by atoms with Gasteiger partial charge in [0, 0.05) is 16.1 Å². The summed E-state index contributed by atoms with van der Waals surface area (Å²) in [6.07, 6.45) is 1.63. The first-order chi connectivity index (χ1) is 13.9. The van der Waals surface area contributed by atoms with Crippen LogP contribution in [0, 0.1) is 0 Å². The number of thiocarbonyl (C=S) groups is 1. The Morgan fingerprint density at radius 1 is 1.28 bits per heavy atom. The van der Waals surface area contributed by atoms with Gasteiger partial charge in [-0.2, -0.15) is 0 Å². The summed E-state index contributed by atoms with van der Waals surface area (Å²) >= 11 is 9.93. The third-order valence-corrected chi connectivity index (χ3v) is 5.81. The zero-order valence-corrected chi connectivity index (χ0v) is 17.8. The van der Waals surface area contributed by atoms with Crippen LogP contribution in [0.5, 0.6) is 17.2 Å². The van der Waals surface area contributed by atoms with E-state index < -0.39 is 12.6 Å². The molecule has 2 aromatic rings. The SMILES string of the molecule is O=C(O)COc1ccc(Br)cc1/C=C1/SC(=S)N(c2ccc3c(c2)OCO3)C1=O. The van der Waals surface area contributed by atoms with E-state index in [9.17, 15) is 9.59 Å². The van der Waals surface area contributed by atoms with Gasteiger partial charge in [-0.25, -0.2) is 4.79 Å². The van der Waals surface area contributed by atoms with Crippen molar-refractivity contribution in [2.75, 3.05) is 18.3 Å². The molecule has 2 aromatic carbocycles. The first-order valence-corrected chi connectivity index (χ1v) is 10.3. The fourth-order valence-electron chi connectivity index (χ4n) is 2.76. The number of aliphatic carboxylic acids is 1. The molecule has 1 N–H and O–H groups in total. The Bertz CT molecular complexity index is 1070. The predicted octanol–water partition coefficient (Wildman–Crippen LogP) is 4.05. The van der Waals surface area contributed by atoms with Crippen molar-refractivity contribution in [2.45, 2.75) is 0 Å². The van der Waals surface area contributed by atoms with Crippen molar-refractivity contribution in [3.63, 3.8) is 0 Å². The molecule has 0 bridgehead atoms. The standard InChI is InChI=1S/C19H12BrNO6S2/c20-11-1-3-13(25-8-17(22)23)10(5-11)6-16-18(24)21(19(28)29-16)12-2-4-14-15(7-12)27-9-26-14/h1-7H,8-9H2,(H,22,23)/b16-6+. The zero-order chi connectivity index (χ0) is 20.5. The lowest BCUT2D eigenvalue weighted by Crippen LogP contribution is -2.27. The summed E-state index contributed by atoms with van der Waals surface area (Å²) < 4.78 is 17.1. The average Bonchev–Trinajstić information content (AvgIpc) is 3.24. The minimum absolute atomic E-state index is 0.138. The Balaban J connectivity index is 1.64. The predicted molar refractivity (Wildman–Crippen MR) is 115 cm³/mol. The molecule has 1 fully saturated rings. The minimum atomic E-state index is -1.09. The van der Waals surface area contributed by atoms with E-state index in [4.69, 9.17) is 31.5 Å². The fraction of sp³-hybridized carbons (Fsp3) is 0.105. The highest BCUT2D eigenvalue weighted by atomic mass is 79.9. The molecule has 2 heterocycles. The number of nitrogens with zero attached hydrogens (tertiary/aromatic N) is 1. The minimum Gasteiger partial charge on any atom is -0.481 e. The Morgan fingerprint density at radius 3 is 2.86 bits per heavy atom. The van der Waals surface area contributed by atoms with Gasteiger partial charge in [0.25, 0.3) is 5.91 Å². The van der Waals surface area contributed by atoms with Crippen molar-refractivity contribution < 1.29 is 28.9 Å². The van der Waals surface area contributed by atoms with Gasteiger partial charge in [-0.15, -0.1) is 0 Å². The van der Waals surface area contributed by atoms with E-state index in [0.717, 1.165) is 16.2 Å². The molecule has 0 atom stereocenters. The number of halogens is 1. The van der Waals surface area contributed by atoms with Crippen LogP contribution in [0.2, 0.25) is 0 Å². The van der Waals surface area contributed by atoms with Gasteiger partial charge in [0.1, 0.15) is 5.75 Å². The van der Waals surface area contributed by atoms with Crippen molar-refractivity contribution in [3.05, 3.63) is 51.3 Å². The number of carbonyl (C=O) groups excluding carboxylic acids is 1. The molecule has 0 radical (unpaired) electrons. The van der Waals surface area contributed by atoms with Gasteiger partial charge in [-0.3, -0.25) is 9.69 Å². The van der Waals surface area contributed by atoms with E-state index in [1.807, 2.05) is 0 Å². The molecule has 0 unspecified atom stereocenters. The molecule has 2 aliphatic rings. The van der Waals surface area contributed by atoms with Crippen LogP contribution in [0.25, 0.3) is 6.08 Å². The van der Waals surface area contributed by atoms with E-state index in [1.165, 1.54) is 4.90 Å². The van der Waals surface area contributed by atoms with Crippen LogP contribution >= 0.6 is 39.9 Å². The number of ether oxygens (including phenoxy) is 3. The Kier molecular flexibility index (Phi) is 5.48. The zero-order valence-electron chi connectivity index (χ0n) is 14.6. The summed E-state index contributed by atoms with van der Waals surface area (Å²) in [5.41, 5.74) is 1.14. The quantitative estimate of drug-likeness (QED) is 0.493. The highest BCUT2D eigenvalue weighted by molar-refractivity contribution is 9.10. The maximum atomic E-state index is 13.0. The topological polar surface area (TPSA) is 85.3 Å². The average molecular weight is 494 g/mol. The summed E-state index contributed by atoms with van der Waals surface area (Å²) in [5.74, 6) is 0.140. The first-order valence-electron chi connectivity index (χ1n) is 8.24. The number of carboxylic acid groups (broad SMARTS) is 1. The molecule has 0 aromatic heterocycles. The fourth-order valence-corrected chi connectivity index (χ4v) is 4.43. The molecule has 148 valence electrons. The van der Waals surface area contributed by atoms with Crippen molar-refractivity contribution in [2.24, 2.45) is 0 Å². The maximum Gasteiger partial charge on any atom is 0.341 e. The molecule has 10 heteroatoms. The van der Waals surface area contributed by atoms with Gasteiger partial charge in [-0.05, 0) is 36.4 Å². The number of anilines is 1. The van der Waals surface area contributed by atoms with Crippen LogP contribution in [-0.2, 0) is 9.59 Å². The number of hydrogen-bond donors (Lipinski definition) is 1. The van der Waals surface area contributed by atoms with Gasteiger partial charge in [0.2, 0.25) is 6.79 Å². The Morgan fingerprint density at radius 2 is 2.07 bits per heavy atom. The third-order valence-electron chi connectivity index (χ3n) is 4.02. The molecule has 2 aliphatic heterocycles. The third kappa shape index (κ3) is 4.09. The summed E-state index contributed by atoms with van der Waals surface area (Å²) in [6.45, 7) is -0.348. The van der Waals surface area contributed by atoms with Crippen molar-refractivity contribution in [3.8, 4) is 17.2 Å². The van der Waals surface area contributed by atoms with Gasteiger partial charge >= 0.3 is 5.97 Å². The second-order valence-electron chi connectivity index (χ2n) is 5.92. The highest BCUT2D eigenvalue weighted by Crippen LogP contribution is 2.41. The summed E-state index contributed by atoms with van der Waals surface area (Å²) in [4.78, 5) is 25.6. The molecular weight excluding hydrogens is 482 g/mol. The first kappa shape index (κ1) is 19.7. The molecular formula is C19H12BrNO6S2. The molecule has 0 spiro atoms. The Hall–Kier alpha value is -2.56. The summed E-state index contributed by atoms with van der Waals surface area (Å²) in [6, 6.07) is 10.3. The second-order valence-corrected chi connectivity index (χ2v) is 8.51. The number of rotatable bonds is 5. The summed E-state index contributed by atoms with van der Waals surface area (Å²) in [5, 5.41) is 8.86. The number of amides is 1. The lowest BCUT2D eigenvalue weighted by Gasteiger charge is -2.14. The number of carboxylic acids is 1. The molecule has 29 heavy (non-hydrogen) atoms. The van der Waals surface area contributed by atoms with Crippen LogP contribution < -0.4 is 19.1 Å². The second kappa shape index (κ2) is 8.05. The number of benzene rings is 2. The number of hydrogen-bond acceptors (Lipinski definition) is 7. The molecule has 4 rings (SSSR count). The normalized spacial score (nSPS) is 16.6. The Labute approximate surface area is 183 Å². The number of carbonyl (C=O) groups is 2. The van der Waals surface area contributed by atoms with Crippen LogP contribution in [0.4, 0.5) is 5.69 Å². The van der Waals surface area contributed by atoms with Crippen LogP contribution in [-0.4, -0.2) is 34.7 Å². The van der Waals surface area contributed by atoms with Gasteiger partial charge in [0.05, 0.1) is 10.6 Å². The molecule has 0 saturated carbocycles. The van der Waals surface area contributed by atoms with Gasteiger partial charge in [-0.1, -0.05) is 39.9 Å². The van der Waals surface area contributed by atoms with Crippen LogP contribution in [0.3, 0.4) is 0 Å². The molecule has 1 saturated heterocycles. The van der Waals surface area contributed by atoms with Crippen LogP contribution in [0.1, 0.15) is 5.56 Å². The summed E-state index contributed by atoms with van der Waals surface area (Å²) in [7, 11) is 0. The molecule has 0 aliphatic carbocycles. The van der Waals surface area contributed by atoms with Crippen molar-refractivity contribution in [1.82, 2.24) is 0 Å².